The van der Waals surface area contributed by atoms with Crippen LogP contribution in [0, 0.1) is 20.8 Å². The Morgan fingerprint density at radius 3 is 2.52 bits per heavy atom. The van der Waals surface area contributed by atoms with Crippen molar-refractivity contribution in [2.75, 3.05) is 18.8 Å². The van der Waals surface area contributed by atoms with Crippen molar-refractivity contribution in [1.82, 2.24) is 14.1 Å². The fourth-order valence-electron chi connectivity index (χ4n) is 3.44. The summed E-state index contributed by atoms with van der Waals surface area (Å²) in [6, 6.07) is 8.39. The number of rotatable bonds is 3. The second-order valence-corrected chi connectivity index (χ2v) is 9.72. The second kappa shape index (κ2) is 7.13. The number of aromatic nitrogens is 2. The molecule has 1 aromatic heterocycles. The summed E-state index contributed by atoms with van der Waals surface area (Å²) < 4.78 is 29.6. The van der Waals surface area contributed by atoms with Crippen LogP contribution in [0.4, 0.5) is 0 Å². The first-order valence-electron chi connectivity index (χ1n) is 8.50. The molecule has 0 radical (unpaired) electrons. The zero-order valence-electron chi connectivity index (χ0n) is 15.2. The molecule has 1 saturated heterocycles. The van der Waals surface area contributed by atoms with Crippen molar-refractivity contribution in [3.63, 3.8) is 0 Å². The average molecular weight is 380 g/mol. The van der Waals surface area contributed by atoms with Crippen LogP contribution >= 0.6 is 11.8 Å². The number of sulfonamides is 1. The van der Waals surface area contributed by atoms with Gasteiger partial charge in [-0.1, -0.05) is 24.3 Å². The number of nitrogens with zero attached hydrogens (tertiary/aromatic N) is 3. The Balaban J connectivity index is 1.84. The first kappa shape index (κ1) is 18.5. The molecule has 1 fully saturated rings. The normalized spacial score (nSPS) is 19.8. The highest BCUT2D eigenvalue weighted by Gasteiger charge is 2.32. The van der Waals surface area contributed by atoms with E-state index in [9.17, 15) is 8.42 Å². The summed E-state index contributed by atoms with van der Waals surface area (Å²) in [6.07, 6.45) is 0.826. The van der Waals surface area contributed by atoms with Gasteiger partial charge in [-0.25, -0.2) is 8.42 Å². The lowest BCUT2D eigenvalue weighted by Crippen LogP contribution is -2.33. The monoisotopic (exact) mass is 379 g/mol. The summed E-state index contributed by atoms with van der Waals surface area (Å²) in [5, 5.41) is 4.62. The zero-order chi connectivity index (χ0) is 18.2. The third-order valence-electron chi connectivity index (χ3n) is 4.88. The second-order valence-electron chi connectivity index (χ2n) is 6.53. The number of benzene rings is 1. The van der Waals surface area contributed by atoms with Gasteiger partial charge >= 0.3 is 0 Å². The van der Waals surface area contributed by atoms with Gasteiger partial charge in [-0.15, -0.1) is 0 Å². The highest BCUT2D eigenvalue weighted by atomic mass is 32.2. The molecule has 3 rings (SSSR count). The van der Waals surface area contributed by atoms with Crippen molar-refractivity contribution in [2.24, 2.45) is 7.05 Å². The van der Waals surface area contributed by atoms with E-state index in [0.29, 0.717) is 34.6 Å². The molecular weight excluding hydrogens is 354 g/mol. The first-order valence-corrected chi connectivity index (χ1v) is 11.0. The van der Waals surface area contributed by atoms with Gasteiger partial charge < -0.3 is 0 Å². The van der Waals surface area contributed by atoms with E-state index in [0.717, 1.165) is 12.2 Å². The van der Waals surface area contributed by atoms with E-state index in [-0.39, 0.29) is 0 Å². The molecule has 2 heterocycles. The van der Waals surface area contributed by atoms with Gasteiger partial charge in [0.1, 0.15) is 4.90 Å². The highest BCUT2D eigenvalue weighted by molar-refractivity contribution is 7.99. The minimum atomic E-state index is -3.50. The van der Waals surface area contributed by atoms with Gasteiger partial charge in [0.05, 0.1) is 11.4 Å². The maximum Gasteiger partial charge on any atom is 0.246 e. The molecule has 136 valence electrons. The Bertz CT molecular complexity index is 874. The predicted molar refractivity (Wildman–Crippen MR) is 102 cm³/mol. The van der Waals surface area contributed by atoms with E-state index in [4.69, 9.17) is 0 Å². The molecule has 1 aliphatic heterocycles. The predicted octanol–water partition coefficient (Wildman–Crippen LogP) is 3.21. The molecule has 0 amide bonds. The molecule has 0 bridgehead atoms. The summed E-state index contributed by atoms with van der Waals surface area (Å²) in [4.78, 5) is 0.370. The molecule has 5 nitrogen and oxygen atoms in total. The molecule has 1 aromatic carbocycles. The van der Waals surface area contributed by atoms with Crippen LogP contribution in [0.3, 0.4) is 0 Å². The van der Waals surface area contributed by atoms with Crippen LogP contribution in [0.5, 0.6) is 0 Å². The van der Waals surface area contributed by atoms with E-state index < -0.39 is 10.0 Å². The van der Waals surface area contributed by atoms with Gasteiger partial charge in [-0.05, 0) is 38.3 Å². The van der Waals surface area contributed by atoms with Crippen LogP contribution in [0.2, 0.25) is 0 Å². The van der Waals surface area contributed by atoms with Crippen molar-refractivity contribution in [2.45, 2.75) is 37.3 Å². The standard InChI is InChI=1S/C18H25N3O2S2/c1-13-7-5-6-8-16(13)17-9-10-21(11-12-24-17)25(22,23)18-14(2)19-20(4)15(18)3/h5-8,17H,9-12H2,1-4H3/t17-/m1/s1. The number of thioether (sulfide) groups is 1. The van der Waals surface area contributed by atoms with Crippen LogP contribution in [0.1, 0.15) is 34.2 Å². The molecule has 0 unspecified atom stereocenters. The summed E-state index contributed by atoms with van der Waals surface area (Å²) in [5.41, 5.74) is 3.87. The Labute approximate surface area is 154 Å². The van der Waals surface area contributed by atoms with Gasteiger partial charge in [-0.2, -0.15) is 21.2 Å². The van der Waals surface area contributed by atoms with E-state index in [2.05, 4.69) is 30.2 Å². The number of hydrogen-bond donors (Lipinski definition) is 0. The van der Waals surface area contributed by atoms with E-state index in [1.807, 2.05) is 24.8 Å². The minimum absolute atomic E-state index is 0.345. The summed E-state index contributed by atoms with van der Waals surface area (Å²) in [7, 11) is -1.72. The molecule has 0 aliphatic carbocycles. The van der Waals surface area contributed by atoms with Crippen LogP contribution in [0.25, 0.3) is 0 Å². The van der Waals surface area contributed by atoms with Crippen molar-refractivity contribution >= 4 is 21.8 Å². The molecule has 0 spiro atoms. The minimum Gasteiger partial charge on any atom is -0.271 e. The van der Waals surface area contributed by atoms with Crippen LogP contribution in [0.15, 0.2) is 29.2 Å². The molecule has 2 aromatic rings. The van der Waals surface area contributed by atoms with Crippen molar-refractivity contribution < 1.29 is 8.42 Å². The third-order valence-corrected chi connectivity index (χ3v) is 8.34. The maximum absolute atomic E-state index is 13.2. The largest absolute Gasteiger partial charge is 0.271 e. The number of hydrogen-bond acceptors (Lipinski definition) is 4. The molecule has 7 heteroatoms. The van der Waals surface area contributed by atoms with Crippen LogP contribution < -0.4 is 0 Å². The van der Waals surface area contributed by atoms with E-state index in [1.165, 1.54) is 11.1 Å². The zero-order valence-corrected chi connectivity index (χ0v) is 16.8. The third kappa shape index (κ3) is 3.50. The fourth-order valence-corrected chi connectivity index (χ4v) is 6.74. The SMILES string of the molecule is Cc1ccccc1[C@H]1CCN(S(=O)(=O)c2c(C)nn(C)c2C)CCS1. The maximum atomic E-state index is 13.2. The lowest BCUT2D eigenvalue weighted by molar-refractivity contribution is 0.427. The lowest BCUT2D eigenvalue weighted by Gasteiger charge is -2.20. The topological polar surface area (TPSA) is 55.2 Å². The Morgan fingerprint density at radius 1 is 1.16 bits per heavy atom. The Kier molecular flexibility index (Phi) is 5.27. The van der Waals surface area contributed by atoms with Gasteiger partial charge in [0.15, 0.2) is 0 Å². The Hall–Kier alpha value is -1.31. The van der Waals surface area contributed by atoms with Crippen molar-refractivity contribution in [1.29, 1.82) is 0 Å². The summed E-state index contributed by atoms with van der Waals surface area (Å²) >= 11 is 1.85. The summed E-state index contributed by atoms with van der Waals surface area (Å²) in [5.74, 6) is 0.802. The van der Waals surface area contributed by atoms with Crippen molar-refractivity contribution in [3.05, 3.63) is 46.8 Å². The lowest BCUT2D eigenvalue weighted by atomic mass is 10.0. The quantitative estimate of drug-likeness (QED) is 0.822. The molecule has 0 saturated carbocycles. The van der Waals surface area contributed by atoms with E-state index >= 15 is 0 Å². The molecule has 0 N–H and O–H groups in total. The van der Waals surface area contributed by atoms with E-state index in [1.54, 1.807) is 23.0 Å². The molecule has 25 heavy (non-hydrogen) atoms. The highest BCUT2D eigenvalue weighted by Crippen LogP contribution is 2.37. The first-order chi connectivity index (χ1) is 11.8. The Morgan fingerprint density at radius 2 is 1.88 bits per heavy atom. The van der Waals surface area contributed by atoms with Gasteiger partial charge in [0.2, 0.25) is 10.0 Å². The molecule has 1 aliphatic rings. The molecular formula is C18H25N3O2S2. The molecule has 1 atom stereocenters. The summed E-state index contributed by atoms with van der Waals surface area (Å²) in [6.45, 7) is 6.79. The average Bonchev–Trinajstić information content (AvgIpc) is 2.74. The fraction of sp³-hybridized carbons (Fsp3) is 0.500. The van der Waals surface area contributed by atoms with Gasteiger partial charge in [0.25, 0.3) is 0 Å². The van der Waals surface area contributed by atoms with Gasteiger partial charge in [-0.3, -0.25) is 4.68 Å². The number of aryl methyl sites for hydroxylation is 3. The van der Waals surface area contributed by atoms with Crippen molar-refractivity contribution in [3.8, 4) is 0 Å². The van der Waals surface area contributed by atoms with Crippen LogP contribution in [-0.2, 0) is 17.1 Å². The smallest absolute Gasteiger partial charge is 0.246 e. The van der Waals surface area contributed by atoms with Crippen LogP contribution in [-0.4, -0.2) is 41.3 Å². The van der Waals surface area contributed by atoms with Gasteiger partial charge in [0, 0.05) is 31.1 Å².